The maximum Gasteiger partial charge on any atom is 0.341 e. The first kappa shape index (κ1) is 13.7. The average molecular weight is 265 g/mol. The first-order chi connectivity index (χ1) is 9.20. The van der Waals surface area contributed by atoms with Crippen LogP contribution in [-0.2, 0) is 9.47 Å². The van der Waals surface area contributed by atoms with Gasteiger partial charge in [-0.25, -0.2) is 4.79 Å². The molecule has 1 aliphatic heterocycles. The maximum absolute atomic E-state index is 11.9. The van der Waals surface area contributed by atoms with Crippen molar-refractivity contribution in [3.8, 4) is 5.75 Å². The number of hydrogen-bond acceptors (Lipinski definition) is 5. The molecule has 5 nitrogen and oxygen atoms in total. The molecule has 0 spiro atoms. The van der Waals surface area contributed by atoms with Gasteiger partial charge in [0.1, 0.15) is 17.4 Å². The van der Waals surface area contributed by atoms with E-state index in [1.54, 1.807) is 25.1 Å². The third-order valence-corrected chi connectivity index (χ3v) is 2.91. The standard InChI is InChI=1S/C14H19NO4/c1-2-18-14(16)12-8-10(15)5-6-13(12)19-11-4-3-7-17-9-11/h5-6,8,11H,2-4,7,9,15H2,1H3. The summed E-state index contributed by atoms with van der Waals surface area (Å²) in [5.41, 5.74) is 6.58. The van der Waals surface area contributed by atoms with E-state index in [1.165, 1.54) is 0 Å². The predicted octanol–water partition coefficient (Wildman–Crippen LogP) is 2.00. The third-order valence-electron chi connectivity index (χ3n) is 2.91. The van der Waals surface area contributed by atoms with Gasteiger partial charge in [-0.3, -0.25) is 0 Å². The largest absolute Gasteiger partial charge is 0.487 e. The van der Waals surface area contributed by atoms with Gasteiger partial charge >= 0.3 is 5.97 Å². The van der Waals surface area contributed by atoms with E-state index in [2.05, 4.69) is 0 Å². The lowest BCUT2D eigenvalue weighted by Crippen LogP contribution is -2.28. The van der Waals surface area contributed by atoms with E-state index >= 15 is 0 Å². The van der Waals surface area contributed by atoms with Crippen LogP contribution < -0.4 is 10.5 Å². The molecule has 1 fully saturated rings. The van der Waals surface area contributed by atoms with Crippen molar-refractivity contribution >= 4 is 11.7 Å². The summed E-state index contributed by atoms with van der Waals surface area (Å²) in [6, 6.07) is 4.99. The van der Waals surface area contributed by atoms with Gasteiger partial charge in [-0.2, -0.15) is 0 Å². The van der Waals surface area contributed by atoms with E-state index in [9.17, 15) is 4.79 Å². The van der Waals surface area contributed by atoms with Crippen LogP contribution in [0.5, 0.6) is 5.75 Å². The van der Waals surface area contributed by atoms with Gasteiger partial charge in [-0.1, -0.05) is 0 Å². The number of ether oxygens (including phenoxy) is 3. The fraction of sp³-hybridized carbons (Fsp3) is 0.500. The Morgan fingerprint density at radius 3 is 3.05 bits per heavy atom. The molecule has 1 atom stereocenters. The van der Waals surface area contributed by atoms with E-state index in [1.807, 2.05) is 0 Å². The van der Waals surface area contributed by atoms with Crippen molar-refractivity contribution in [2.45, 2.75) is 25.9 Å². The van der Waals surface area contributed by atoms with Gasteiger partial charge in [0.25, 0.3) is 0 Å². The Morgan fingerprint density at radius 1 is 1.53 bits per heavy atom. The molecule has 104 valence electrons. The number of nitrogen functional groups attached to an aromatic ring is 1. The summed E-state index contributed by atoms with van der Waals surface area (Å²) in [5.74, 6) is 0.0877. The van der Waals surface area contributed by atoms with E-state index in [-0.39, 0.29) is 6.10 Å². The Labute approximate surface area is 112 Å². The molecule has 0 amide bonds. The molecule has 1 aromatic rings. The lowest BCUT2D eigenvalue weighted by atomic mass is 10.1. The van der Waals surface area contributed by atoms with Crippen molar-refractivity contribution in [2.24, 2.45) is 0 Å². The van der Waals surface area contributed by atoms with E-state index < -0.39 is 5.97 Å². The van der Waals surface area contributed by atoms with Gasteiger partial charge in [0.15, 0.2) is 0 Å². The van der Waals surface area contributed by atoms with Crippen molar-refractivity contribution < 1.29 is 19.0 Å². The SMILES string of the molecule is CCOC(=O)c1cc(N)ccc1OC1CCCOC1. The molecule has 1 unspecified atom stereocenters. The fourth-order valence-electron chi connectivity index (χ4n) is 2.00. The summed E-state index contributed by atoms with van der Waals surface area (Å²) in [5, 5.41) is 0. The van der Waals surface area contributed by atoms with Crippen molar-refractivity contribution in [1.82, 2.24) is 0 Å². The number of hydrogen-bond donors (Lipinski definition) is 1. The molecule has 1 aliphatic rings. The molecule has 0 aromatic heterocycles. The van der Waals surface area contributed by atoms with Crippen LogP contribution in [0.3, 0.4) is 0 Å². The topological polar surface area (TPSA) is 70.8 Å². The smallest absolute Gasteiger partial charge is 0.341 e. The molecular weight excluding hydrogens is 246 g/mol. The number of anilines is 1. The lowest BCUT2D eigenvalue weighted by Gasteiger charge is -2.24. The summed E-state index contributed by atoms with van der Waals surface area (Å²) >= 11 is 0. The number of carbonyl (C=O) groups excluding carboxylic acids is 1. The summed E-state index contributed by atoms with van der Waals surface area (Å²) in [6.07, 6.45) is 1.87. The van der Waals surface area contributed by atoms with Crippen LogP contribution in [0.25, 0.3) is 0 Å². The van der Waals surface area contributed by atoms with Gasteiger partial charge in [0.2, 0.25) is 0 Å². The van der Waals surface area contributed by atoms with Crippen molar-refractivity contribution in [2.75, 3.05) is 25.6 Å². The first-order valence-electron chi connectivity index (χ1n) is 6.51. The van der Waals surface area contributed by atoms with Crippen LogP contribution in [0.1, 0.15) is 30.1 Å². The fourth-order valence-corrected chi connectivity index (χ4v) is 2.00. The Balaban J connectivity index is 2.15. The molecule has 0 aliphatic carbocycles. The highest BCUT2D eigenvalue weighted by molar-refractivity contribution is 5.93. The summed E-state index contributed by atoms with van der Waals surface area (Å²) in [4.78, 5) is 11.9. The Kier molecular flexibility index (Phi) is 4.63. The lowest BCUT2D eigenvalue weighted by molar-refractivity contribution is 0.00650. The van der Waals surface area contributed by atoms with E-state index in [0.717, 1.165) is 19.4 Å². The summed E-state index contributed by atoms with van der Waals surface area (Å²) < 4.78 is 16.2. The molecule has 2 rings (SSSR count). The second kappa shape index (κ2) is 6.43. The number of rotatable bonds is 4. The minimum atomic E-state index is -0.415. The van der Waals surface area contributed by atoms with Gasteiger partial charge in [-0.05, 0) is 38.0 Å². The van der Waals surface area contributed by atoms with E-state index in [4.69, 9.17) is 19.9 Å². The normalized spacial score (nSPS) is 18.9. The Morgan fingerprint density at radius 2 is 2.37 bits per heavy atom. The molecule has 0 radical (unpaired) electrons. The highest BCUT2D eigenvalue weighted by Crippen LogP contribution is 2.25. The Hall–Kier alpha value is -1.75. The van der Waals surface area contributed by atoms with Gasteiger partial charge in [-0.15, -0.1) is 0 Å². The van der Waals surface area contributed by atoms with Crippen LogP contribution in [-0.4, -0.2) is 31.9 Å². The monoisotopic (exact) mass is 265 g/mol. The highest BCUT2D eigenvalue weighted by atomic mass is 16.5. The minimum Gasteiger partial charge on any atom is -0.487 e. The molecule has 5 heteroatoms. The summed E-state index contributed by atoms with van der Waals surface area (Å²) in [6.45, 7) is 3.40. The average Bonchev–Trinajstić information content (AvgIpc) is 2.42. The number of nitrogens with two attached hydrogens (primary N) is 1. The molecule has 1 aromatic carbocycles. The zero-order valence-corrected chi connectivity index (χ0v) is 11.1. The number of benzene rings is 1. The quantitative estimate of drug-likeness (QED) is 0.666. The molecule has 1 saturated heterocycles. The van der Waals surface area contributed by atoms with Crippen LogP contribution in [0, 0.1) is 0 Å². The van der Waals surface area contributed by atoms with E-state index in [0.29, 0.717) is 30.2 Å². The molecule has 0 saturated carbocycles. The van der Waals surface area contributed by atoms with Crippen molar-refractivity contribution in [3.63, 3.8) is 0 Å². The molecular formula is C14H19NO4. The van der Waals surface area contributed by atoms with Gasteiger partial charge in [0, 0.05) is 12.3 Å². The second-order valence-corrected chi connectivity index (χ2v) is 4.43. The Bertz CT molecular complexity index is 441. The second-order valence-electron chi connectivity index (χ2n) is 4.43. The van der Waals surface area contributed by atoms with Crippen molar-refractivity contribution in [1.29, 1.82) is 0 Å². The zero-order chi connectivity index (χ0) is 13.7. The molecule has 19 heavy (non-hydrogen) atoms. The van der Waals surface area contributed by atoms with Gasteiger partial charge in [0.05, 0.1) is 13.2 Å². The number of esters is 1. The first-order valence-corrected chi connectivity index (χ1v) is 6.51. The minimum absolute atomic E-state index is 0.0226. The molecule has 0 bridgehead atoms. The summed E-state index contributed by atoms with van der Waals surface area (Å²) in [7, 11) is 0. The zero-order valence-electron chi connectivity index (χ0n) is 11.1. The predicted molar refractivity (Wildman–Crippen MR) is 71.3 cm³/mol. The van der Waals surface area contributed by atoms with Crippen LogP contribution >= 0.6 is 0 Å². The van der Waals surface area contributed by atoms with Gasteiger partial charge < -0.3 is 19.9 Å². The number of carbonyl (C=O) groups is 1. The third kappa shape index (κ3) is 3.61. The van der Waals surface area contributed by atoms with Crippen LogP contribution in [0.4, 0.5) is 5.69 Å². The molecule has 1 heterocycles. The molecule has 2 N–H and O–H groups in total. The van der Waals surface area contributed by atoms with Crippen molar-refractivity contribution in [3.05, 3.63) is 23.8 Å². The highest BCUT2D eigenvalue weighted by Gasteiger charge is 2.20. The van der Waals surface area contributed by atoms with Crippen LogP contribution in [0.15, 0.2) is 18.2 Å². The maximum atomic E-state index is 11.9. The van der Waals surface area contributed by atoms with Crippen LogP contribution in [0.2, 0.25) is 0 Å².